The van der Waals surface area contributed by atoms with E-state index in [1.54, 1.807) is 43.1 Å². The molecule has 0 radical (unpaired) electrons. The lowest BCUT2D eigenvalue weighted by atomic mass is 9.95. The van der Waals surface area contributed by atoms with Crippen molar-refractivity contribution in [3.63, 3.8) is 0 Å². The number of amides is 1. The molecule has 2 aliphatic heterocycles. The van der Waals surface area contributed by atoms with Crippen molar-refractivity contribution >= 4 is 40.1 Å². The fourth-order valence-electron chi connectivity index (χ4n) is 5.59. The van der Waals surface area contributed by atoms with E-state index in [1.165, 1.54) is 4.68 Å². The van der Waals surface area contributed by atoms with Crippen LogP contribution >= 0.6 is 11.6 Å². The number of halogens is 2. The first kappa shape index (κ1) is 25.4. The highest BCUT2D eigenvalue weighted by molar-refractivity contribution is 6.36. The molecule has 2 aliphatic rings. The Balaban J connectivity index is 1.48. The van der Waals surface area contributed by atoms with E-state index in [1.807, 2.05) is 24.3 Å². The standard InChI is InChI=1S/C28H27ClFN5O4/c1-4-39-28(37)26(25-22-10-17(30)12-34(22)14-31-25)35-13-19-20(29)11-18(27(38-3)24(19)32-35)15-5-7-21-16(9-15)6-8-23(36)33(21)2/h5,7,9,11,13-14,17,26H,4,6,8,10,12H2,1-3H3/t17-,26?/m1/s1. The first-order valence-electron chi connectivity index (χ1n) is 12.8. The van der Waals surface area contributed by atoms with Gasteiger partial charge in [-0.05, 0) is 42.7 Å². The fraction of sp³-hybridized carbons (Fsp3) is 0.357. The lowest BCUT2D eigenvalue weighted by molar-refractivity contribution is -0.146. The van der Waals surface area contributed by atoms with Crippen LogP contribution in [-0.4, -0.2) is 58.1 Å². The van der Waals surface area contributed by atoms with E-state index in [0.29, 0.717) is 45.9 Å². The molecule has 202 valence electrons. The van der Waals surface area contributed by atoms with Gasteiger partial charge in [-0.2, -0.15) is 5.10 Å². The van der Waals surface area contributed by atoms with Gasteiger partial charge in [-0.3, -0.25) is 9.48 Å². The molecule has 0 fully saturated rings. The van der Waals surface area contributed by atoms with Gasteiger partial charge in [0.1, 0.15) is 11.7 Å². The van der Waals surface area contributed by atoms with E-state index < -0.39 is 18.2 Å². The third-order valence-electron chi connectivity index (χ3n) is 7.48. The summed E-state index contributed by atoms with van der Waals surface area (Å²) < 4.78 is 28.6. The van der Waals surface area contributed by atoms with E-state index in [9.17, 15) is 14.0 Å². The van der Waals surface area contributed by atoms with Crippen LogP contribution in [0.25, 0.3) is 22.0 Å². The fourth-order valence-corrected chi connectivity index (χ4v) is 5.84. The number of ether oxygens (including phenoxy) is 2. The number of methoxy groups -OCH3 is 1. The lowest BCUT2D eigenvalue weighted by Crippen LogP contribution is -2.30. The molecule has 0 saturated carbocycles. The average Bonchev–Trinajstić information content (AvgIpc) is 3.62. The summed E-state index contributed by atoms with van der Waals surface area (Å²) in [7, 11) is 3.34. The van der Waals surface area contributed by atoms with Gasteiger partial charge in [-0.15, -0.1) is 0 Å². The van der Waals surface area contributed by atoms with Crippen molar-refractivity contribution in [2.75, 3.05) is 25.7 Å². The maximum absolute atomic E-state index is 14.2. The number of anilines is 1. The summed E-state index contributed by atoms with van der Waals surface area (Å²) in [6.45, 7) is 2.10. The molecule has 6 rings (SSSR count). The molecule has 0 N–H and O–H groups in total. The zero-order valence-corrected chi connectivity index (χ0v) is 22.5. The number of carbonyl (C=O) groups excluding carboxylic acids is 2. The Morgan fingerprint density at radius 2 is 2.10 bits per heavy atom. The molecule has 0 bridgehead atoms. The monoisotopic (exact) mass is 551 g/mol. The van der Waals surface area contributed by atoms with Gasteiger partial charge in [0, 0.05) is 48.4 Å². The molecule has 1 unspecified atom stereocenters. The highest BCUT2D eigenvalue weighted by Gasteiger charge is 2.35. The lowest BCUT2D eigenvalue weighted by Gasteiger charge is -2.26. The van der Waals surface area contributed by atoms with Crippen LogP contribution in [0.4, 0.5) is 10.1 Å². The quantitative estimate of drug-likeness (QED) is 0.327. The maximum Gasteiger partial charge on any atom is 0.337 e. The number of alkyl halides is 1. The number of aromatic nitrogens is 4. The summed E-state index contributed by atoms with van der Waals surface area (Å²) in [6, 6.07) is 6.69. The molecule has 9 nitrogen and oxygen atoms in total. The van der Waals surface area contributed by atoms with Gasteiger partial charge in [0.15, 0.2) is 11.8 Å². The van der Waals surface area contributed by atoms with Crippen molar-refractivity contribution in [2.24, 2.45) is 0 Å². The molecular formula is C28H27ClFN5O4. The van der Waals surface area contributed by atoms with Crippen molar-refractivity contribution in [1.82, 2.24) is 19.3 Å². The number of imidazole rings is 1. The Morgan fingerprint density at radius 3 is 2.87 bits per heavy atom. The van der Waals surface area contributed by atoms with Crippen molar-refractivity contribution < 1.29 is 23.5 Å². The average molecular weight is 552 g/mol. The van der Waals surface area contributed by atoms with Gasteiger partial charge in [0.25, 0.3) is 0 Å². The van der Waals surface area contributed by atoms with Gasteiger partial charge in [-0.25, -0.2) is 14.2 Å². The molecule has 4 heterocycles. The Labute approximate surface area is 229 Å². The predicted octanol–water partition coefficient (Wildman–Crippen LogP) is 4.52. The molecule has 0 spiro atoms. The second-order valence-corrected chi connectivity index (χ2v) is 10.2. The van der Waals surface area contributed by atoms with Crippen LogP contribution in [0.5, 0.6) is 5.75 Å². The summed E-state index contributed by atoms with van der Waals surface area (Å²) in [5.41, 5.74) is 5.07. The normalized spacial score (nSPS) is 17.3. The largest absolute Gasteiger partial charge is 0.494 e. The van der Waals surface area contributed by atoms with E-state index in [0.717, 1.165) is 22.4 Å². The molecule has 2 aromatic carbocycles. The second-order valence-electron chi connectivity index (χ2n) is 9.79. The van der Waals surface area contributed by atoms with Crippen LogP contribution in [0.2, 0.25) is 5.02 Å². The van der Waals surface area contributed by atoms with E-state index in [-0.39, 0.29) is 25.5 Å². The number of hydrogen-bond acceptors (Lipinski definition) is 6. The molecule has 11 heteroatoms. The van der Waals surface area contributed by atoms with Crippen molar-refractivity contribution in [3.05, 3.63) is 58.8 Å². The molecule has 2 atom stereocenters. The van der Waals surface area contributed by atoms with E-state index in [2.05, 4.69) is 4.98 Å². The highest BCUT2D eigenvalue weighted by Crippen LogP contribution is 2.42. The summed E-state index contributed by atoms with van der Waals surface area (Å²) in [5, 5.41) is 5.78. The van der Waals surface area contributed by atoms with Gasteiger partial charge in [-0.1, -0.05) is 17.7 Å². The van der Waals surface area contributed by atoms with Gasteiger partial charge >= 0.3 is 5.97 Å². The smallest absolute Gasteiger partial charge is 0.337 e. The topological polar surface area (TPSA) is 91.5 Å². The minimum absolute atomic E-state index is 0.0874. The van der Waals surface area contributed by atoms with Crippen LogP contribution in [-0.2, 0) is 33.7 Å². The second kappa shape index (κ2) is 9.68. The number of benzene rings is 2. The number of esters is 1. The summed E-state index contributed by atoms with van der Waals surface area (Å²) in [4.78, 5) is 31.4. The third kappa shape index (κ3) is 4.14. The maximum atomic E-state index is 14.2. The summed E-state index contributed by atoms with van der Waals surface area (Å²) in [5.74, 6) is 0.0389. The summed E-state index contributed by atoms with van der Waals surface area (Å²) in [6.07, 6.45) is 3.45. The van der Waals surface area contributed by atoms with Crippen LogP contribution in [0, 0.1) is 0 Å². The molecule has 1 amide bonds. The molecular weight excluding hydrogens is 525 g/mol. The van der Waals surface area contributed by atoms with Crippen molar-refractivity contribution in [3.8, 4) is 16.9 Å². The number of aryl methyl sites for hydroxylation is 1. The molecule has 39 heavy (non-hydrogen) atoms. The van der Waals surface area contributed by atoms with Crippen molar-refractivity contribution in [2.45, 2.75) is 44.9 Å². The third-order valence-corrected chi connectivity index (χ3v) is 7.79. The van der Waals surface area contributed by atoms with Crippen LogP contribution < -0.4 is 9.64 Å². The molecule has 0 saturated heterocycles. The Morgan fingerprint density at radius 1 is 1.28 bits per heavy atom. The number of fused-ring (bicyclic) bond motifs is 3. The van der Waals surface area contributed by atoms with Gasteiger partial charge < -0.3 is 18.9 Å². The SMILES string of the molecule is CCOC(=O)C(c1ncn2c1C[C@@H](F)C2)n1cc2c(Cl)cc(-c3ccc4c(c3)CCC(=O)N4C)c(OC)c2n1. The van der Waals surface area contributed by atoms with Gasteiger partial charge in [0.05, 0.1) is 37.3 Å². The highest BCUT2D eigenvalue weighted by atomic mass is 35.5. The number of hydrogen-bond donors (Lipinski definition) is 0. The van der Waals surface area contributed by atoms with E-state index in [4.69, 9.17) is 26.2 Å². The van der Waals surface area contributed by atoms with Crippen LogP contribution in [0.1, 0.15) is 36.3 Å². The minimum atomic E-state index is -1.03. The Kier molecular flexibility index (Phi) is 6.29. The van der Waals surface area contributed by atoms with E-state index >= 15 is 0 Å². The summed E-state index contributed by atoms with van der Waals surface area (Å²) >= 11 is 6.78. The minimum Gasteiger partial charge on any atom is -0.494 e. The molecule has 4 aromatic rings. The van der Waals surface area contributed by atoms with Crippen LogP contribution in [0.3, 0.4) is 0 Å². The number of rotatable bonds is 6. The first-order valence-corrected chi connectivity index (χ1v) is 13.2. The zero-order valence-electron chi connectivity index (χ0n) is 21.8. The Hall–Kier alpha value is -3.92. The number of carbonyl (C=O) groups is 2. The van der Waals surface area contributed by atoms with Gasteiger partial charge in [0.2, 0.25) is 5.91 Å². The molecule has 2 aromatic heterocycles. The number of nitrogens with zero attached hydrogens (tertiary/aromatic N) is 5. The molecule has 0 aliphatic carbocycles. The van der Waals surface area contributed by atoms with Crippen LogP contribution in [0.15, 0.2) is 36.8 Å². The Bertz CT molecular complexity index is 1630. The predicted molar refractivity (Wildman–Crippen MR) is 144 cm³/mol. The first-order chi connectivity index (χ1) is 18.8. The zero-order chi connectivity index (χ0) is 27.4. The van der Waals surface area contributed by atoms with Crippen molar-refractivity contribution in [1.29, 1.82) is 0 Å².